The number of hydrogen-bond donors (Lipinski definition) is 1. The van der Waals surface area contributed by atoms with E-state index >= 15 is 0 Å². The molecule has 0 saturated heterocycles. The molecule has 2 saturated carbocycles. The molecule has 0 spiro atoms. The van der Waals surface area contributed by atoms with E-state index in [4.69, 9.17) is 0 Å². The Morgan fingerprint density at radius 3 is 2.75 bits per heavy atom. The van der Waals surface area contributed by atoms with Crippen molar-refractivity contribution in [2.75, 3.05) is 0 Å². The molecule has 134 valence electrons. The summed E-state index contributed by atoms with van der Waals surface area (Å²) in [5.74, 6) is 2.96. The molecule has 3 atom stereocenters. The van der Waals surface area contributed by atoms with Crippen molar-refractivity contribution in [3.8, 4) is 0 Å². The highest BCUT2D eigenvalue weighted by Gasteiger charge is 2.54. The molecule has 24 heavy (non-hydrogen) atoms. The van der Waals surface area contributed by atoms with Gasteiger partial charge in [-0.15, -0.1) is 10.2 Å². The van der Waals surface area contributed by atoms with Crippen LogP contribution in [0.2, 0.25) is 0 Å². The monoisotopic (exact) mass is 332 g/mol. The number of rotatable bonds is 8. The van der Waals surface area contributed by atoms with Crippen molar-refractivity contribution >= 4 is 5.91 Å². The fraction of sp³-hybridized carbons (Fsp3) is 0.842. The van der Waals surface area contributed by atoms with E-state index in [1.165, 1.54) is 38.5 Å². The van der Waals surface area contributed by atoms with Crippen molar-refractivity contribution in [3.63, 3.8) is 0 Å². The summed E-state index contributed by atoms with van der Waals surface area (Å²) >= 11 is 0. The summed E-state index contributed by atoms with van der Waals surface area (Å²) in [5.41, 5.74) is 0.139. The summed E-state index contributed by atoms with van der Waals surface area (Å²) in [7, 11) is 2.06. The Labute approximate surface area is 145 Å². The number of carbonyl (C=O) groups excluding carboxylic acids is 1. The van der Waals surface area contributed by atoms with E-state index in [9.17, 15) is 4.79 Å². The van der Waals surface area contributed by atoms with Gasteiger partial charge in [0.1, 0.15) is 11.6 Å². The Balaban J connectivity index is 1.53. The average Bonchev–Trinajstić information content (AvgIpc) is 3.22. The number of nitrogens with one attached hydrogen (secondary N) is 1. The molecule has 1 amide bonds. The summed E-state index contributed by atoms with van der Waals surface area (Å²) in [4.78, 5) is 12.3. The predicted octanol–water partition coefficient (Wildman–Crippen LogP) is 3.41. The second kappa shape index (κ2) is 7.24. The van der Waals surface area contributed by atoms with Crippen LogP contribution in [0.25, 0.3) is 0 Å². The van der Waals surface area contributed by atoms with Gasteiger partial charge in [-0.1, -0.05) is 32.6 Å². The SMILES string of the molecule is CCCCCCCC(=O)NC1CC2(c3nnc(C)n3C)CCC1C2. The molecule has 5 heteroatoms. The second-order valence-electron chi connectivity index (χ2n) is 7.96. The van der Waals surface area contributed by atoms with Crippen LogP contribution in [0, 0.1) is 12.8 Å². The van der Waals surface area contributed by atoms with Crippen molar-refractivity contribution in [1.29, 1.82) is 0 Å². The quantitative estimate of drug-likeness (QED) is 0.742. The fourth-order valence-corrected chi connectivity index (χ4v) is 4.78. The zero-order chi connectivity index (χ0) is 17.2. The third-order valence-corrected chi connectivity index (χ3v) is 6.25. The van der Waals surface area contributed by atoms with E-state index in [-0.39, 0.29) is 11.3 Å². The van der Waals surface area contributed by atoms with Gasteiger partial charge in [0.05, 0.1) is 0 Å². The predicted molar refractivity (Wildman–Crippen MR) is 94.7 cm³/mol. The lowest BCUT2D eigenvalue weighted by atomic mass is 9.81. The molecule has 0 aliphatic heterocycles. The highest BCUT2D eigenvalue weighted by atomic mass is 16.1. The smallest absolute Gasteiger partial charge is 0.220 e. The number of aryl methyl sites for hydroxylation is 1. The number of fused-ring (bicyclic) bond motifs is 2. The van der Waals surface area contributed by atoms with Gasteiger partial charge in [0.2, 0.25) is 5.91 Å². The molecule has 3 unspecified atom stereocenters. The first-order valence-corrected chi connectivity index (χ1v) is 9.71. The topological polar surface area (TPSA) is 59.8 Å². The van der Waals surface area contributed by atoms with Gasteiger partial charge in [0.25, 0.3) is 0 Å². The maximum absolute atomic E-state index is 12.3. The molecule has 1 aromatic rings. The van der Waals surface area contributed by atoms with Crippen molar-refractivity contribution in [1.82, 2.24) is 20.1 Å². The summed E-state index contributed by atoms with van der Waals surface area (Å²) in [6.07, 6.45) is 11.2. The molecule has 0 radical (unpaired) electrons. The first-order chi connectivity index (χ1) is 11.6. The van der Waals surface area contributed by atoms with Gasteiger partial charge >= 0.3 is 0 Å². The van der Waals surface area contributed by atoms with Gasteiger partial charge in [0, 0.05) is 24.9 Å². The highest BCUT2D eigenvalue weighted by Crippen LogP contribution is 2.54. The van der Waals surface area contributed by atoms with Crippen molar-refractivity contribution in [2.24, 2.45) is 13.0 Å². The first-order valence-electron chi connectivity index (χ1n) is 9.71. The van der Waals surface area contributed by atoms with Gasteiger partial charge in [-0.2, -0.15) is 0 Å². The lowest BCUT2D eigenvalue weighted by Crippen LogP contribution is -2.40. The van der Waals surface area contributed by atoms with Gasteiger partial charge < -0.3 is 9.88 Å². The number of nitrogens with zero attached hydrogens (tertiary/aromatic N) is 3. The van der Waals surface area contributed by atoms with E-state index in [1.54, 1.807) is 0 Å². The standard InChI is InChI=1S/C19H32N4O/c1-4-5-6-7-8-9-17(24)20-16-13-19(11-10-15(16)12-19)18-22-21-14(2)23(18)3/h15-16H,4-13H2,1-3H3,(H,20,24). The minimum atomic E-state index is 0.139. The summed E-state index contributed by atoms with van der Waals surface area (Å²) in [5, 5.41) is 12.0. The third-order valence-electron chi connectivity index (χ3n) is 6.25. The van der Waals surface area contributed by atoms with Crippen molar-refractivity contribution < 1.29 is 4.79 Å². The molecule has 2 fully saturated rings. The molecule has 2 aliphatic rings. The van der Waals surface area contributed by atoms with E-state index in [0.717, 1.165) is 30.9 Å². The van der Waals surface area contributed by atoms with E-state index in [2.05, 4.69) is 34.1 Å². The van der Waals surface area contributed by atoms with Crippen molar-refractivity contribution in [2.45, 2.75) is 89.5 Å². The number of amides is 1. The minimum absolute atomic E-state index is 0.139. The summed E-state index contributed by atoms with van der Waals surface area (Å²) < 4.78 is 2.14. The Morgan fingerprint density at radius 1 is 1.25 bits per heavy atom. The average molecular weight is 332 g/mol. The number of aromatic nitrogens is 3. The van der Waals surface area contributed by atoms with Crippen LogP contribution in [0.4, 0.5) is 0 Å². The van der Waals surface area contributed by atoms with E-state index in [1.807, 2.05) is 6.92 Å². The van der Waals surface area contributed by atoms with Gasteiger partial charge in [-0.05, 0) is 44.9 Å². The van der Waals surface area contributed by atoms with Crippen LogP contribution in [-0.2, 0) is 17.3 Å². The second-order valence-corrected chi connectivity index (χ2v) is 7.96. The molecule has 1 N–H and O–H groups in total. The summed E-state index contributed by atoms with van der Waals surface area (Å²) in [6, 6.07) is 0.332. The van der Waals surface area contributed by atoms with Crippen LogP contribution >= 0.6 is 0 Å². The van der Waals surface area contributed by atoms with Crippen LogP contribution in [0.1, 0.15) is 82.8 Å². The van der Waals surface area contributed by atoms with Crippen LogP contribution in [-0.4, -0.2) is 26.7 Å². The van der Waals surface area contributed by atoms with Crippen LogP contribution in [0.5, 0.6) is 0 Å². The van der Waals surface area contributed by atoms with Crippen LogP contribution in [0.3, 0.4) is 0 Å². The van der Waals surface area contributed by atoms with Gasteiger partial charge in [-0.25, -0.2) is 0 Å². The first kappa shape index (κ1) is 17.4. The lowest BCUT2D eigenvalue weighted by Gasteiger charge is -2.29. The molecule has 0 aromatic carbocycles. The molecular formula is C19H32N4O. The molecule has 5 nitrogen and oxygen atoms in total. The highest BCUT2D eigenvalue weighted by molar-refractivity contribution is 5.76. The molecule has 1 aromatic heterocycles. The van der Waals surface area contributed by atoms with Gasteiger partial charge in [-0.3, -0.25) is 4.79 Å². The molecule has 1 heterocycles. The minimum Gasteiger partial charge on any atom is -0.353 e. The molecule has 3 rings (SSSR count). The lowest BCUT2D eigenvalue weighted by molar-refractivity contribution is -0.122. The maximum atomic E-state index is 12.3. The Hall–Kier alpha value is -1.39. The maximum Gasteiger partial charge on any atom is 0.220 e. The van der Waals surface area contributed by atoms with Crippen LogP contribution < -0.4 is 5.32 Å². The number of carbonyl (C=O) groups is 1. The normalized spacial score (nSPS) is 28.5. The fourth-order valence-electron chi connectivity index (χ4n) is 4.78. The Kier molecular flexibility index (Phi) is 5.26. The number of hydrogen-bond acceptors (Lipinski definition) is 3. The van der Waals surface area contributed by atoms with Crippen LogP contribution in [0.15, 0.2) is 0 Å². The largest absolute Gasteiger partial charge is 0.353 e. The molecular weight excluding hydrogens is 300 g/mol. The zero-order valence-corrected chi connectivity index (χ0v) is 15.5. The molecule has 2 aliphatic carbocycles. The van der Waals surface area contributed by atoms with Gasteiger partial charge in [0.15, 0.2) is 0 Å². The number of unbranched alkanes of at least 4 members (excludes halogenated alkanes) is 4. The summed E-state index contributed by atoms with van der Waals surface area (Å²) in [6.45, 7) is 4.22. The Bertz CT molecular complexity index is 582. The van der Waals surface area contributed by atoms with E-state index in [0.29, 0.717) is 18.4 Å². The Morgan fingerprint density at radius 2 is 2.04 bits per heavy atom. The van der Waals surface area contributed by atoms with E-state index < -0.39 is 0 Å². The third kappa shape index (κ3) is 3.35. The zero-order valence-electron chi connectivity index (χ0n) is 15.5. The van der Waals surface area contributed by atoms with Crippen molar-refractivity contribution in [3.05, 3.63) is 11.6 Å². The molecule has 2 bridgehead atoms.